The van der Waals surface area contributed by atoms with Gasteiger partial charge in [-0.2, -0.15) is 0 Å². The van der Waals surface area contributed by atoms with Gasteiger partial charge in [0.25, 0.3) is 0 Å². The van der Waals surface area contributed by atoms with Crippen molar-refractivity contribution in [2.24, 2.45) is 4.99 Å². The molecule has 0 unspecified atom stereocenters. The van der Waals surface area contributed by atoms with Crippen LogP contribution in [0.25, 0.3) is 0 Å². The lowest BCUT2D eigenvalue weighted by Gasteiger charge is -2.27. The minimum absolute atomic E-state index is 0.544. The standard InChI is InChI=1S/C22H28N2O4/c1-22(2,3)27-21(25)28-24-13-11-18(12-14-24)19-9-10-20(23-15-19)26-16-17-7-5-4-6-8-17/h4-9,11H,10,12-16H2,1-3H3. The highest BCUT2D eigenvalue weighted by Crippen LogP contribution is 2.23. The summed E-state index contributed by atoms with van der Waals surface area (Å²) in [6.07, 6.45) is 5.13. The number of carbonyl (C=O) groups excluding carboxylic acids is 1. The second kappa shape index (κ2) is 9.06. The number of hydroxylamine groups is 2. The first kappa shape index (κ1) is 20.1. The van der Waals surface area contributed by atoms with Gasteiger partial charge in [-0.05, 0) is 43.9 Å². The highest BCUT2D eigenvalue weighted by molar-refractivity contribution is 5.79. The van der Waals surface area contributed by atoms with Gasteiger partial charge >= 0.3 is 6.16 Å². The zero-order chi connectivity index (χ0) is 20.0. The van der Waals surface area contributed by atoms with Gasteiger partial charge in [0.15, 0.2) is 5.90 Å². The molecule has 0 amide bonds. The maximum Gasteiger partial charge on any atom is 0.528 e. The Hall–Kier alpha value is -2.60. The summed E-state index contributed by atoms with van der Waals surface area (Å²) in [5.74, 6) is 0.777. The number of nitrogens with zero attached hydrogens (tertiary/aromatic N) is 2. The van der Waals surface area contributed by atoms with Crippen molar-refractivity contribution in [2.75, 3.05) is 19.6 Å². The summed E-state index contributed by atoms with van der Waals surface area (Å²) in [7, 11) is 0. The number of hydrogen-bond donors (Lipinski definition) is 0. The van der Waals surface area contributed by atoms with Gasteiger partial charge in [0.2, 0.25) is 0 Å². The van der Waals surface area contributed by atoms with Crippen molar-refractivity contribution in [2.45, 2.75) is 45.8 Å². The predicted octanol–water partition coefficient (Wildman–Crippen LogP) is 4.43. The Labute approximate surface area is 166 Å². The first-order valence-electron chi connectivity index (χ1n) is 9.63. The lowest BCUT2D eigenvalue weighted by molar-refractivity contribution is -0.138. The van der Waals surface area contributed by atoms with Crippen LogP contribution in [-0.4, -0.2) is 42.4 Å². The van der Waals surface area contributed by atoms with Gasteiger partial charge in [0.05, 0.1) is 13.1 Å². The van der Waals surface area contributed by atoms with Gasteiger partial charge in [-0.1, -0.05) is 42.5 Å². The number of benzene rings is 1. The molecule has 2 heterocycles. The van der Waals surface area contributed by atoms with Gasteiger partial charge in [0.1, 0.15) is 12.2 Å². The monoisotopic (exact) mass is 384 g/mol. The van der Waals surface area contributed by atoms with Crippen LogP contribution in [-0.2, 0) is 20.9 Å². The second-order valence-electron chi connectivity index (χ2n) is 7.84. The summed E-state index contributed by atoms with van der Waals surface area (Å²) in [5, 5.41) is 1.62. The lowest BCUT2D eigenvalue weighted by atomic mass is 9.98. The smallest absolute Gasteiger partial charge is 0.476 e. The largest absolute Gasteiger partial charge is 0.528 e. The van der Waals surface area contributed by atoms with Crippen molar-refractivity contribution < 1.29 is 19.1 Å². The predicted molar refractivity (Wildman–Crippen MR) is 108 cm³/mol. The van der Waals surface area contributed by atoms with Crippen LogP contribution in [0.15, 0.2) is 58.6 Å². The summed E-state index contributed by atoms with van der Waals surface area (Å²) < 4.78 is 11.0. The normalized spacial score (nSPS) is 17.9. The summed E-state index contributed by atoms with van der Waals surface area (Å²) >= 11 is 0. The number of rotatable bonds is 4. The van der Waals surface area contributed by atoms with E-state index in [1.807, 2.05) is 51.1 Å². The van der Waals surface area contributed by atoms with Crippen molar-refractivity contribution >= 4 is 12.1 Å². The molecule has 0 aromatic heterocycles. The third-order valence-electron chi connectivity index (χ3n) is 4.37. The molecule has 0 saturated heterocycles. The molecule has 2 aliphatic rings. The van der Waals surface area contributed by atoms with Crippen molar-refractivity contribution in [3.05, 3.63) is 59.2 Å². The van der Waals surface area contributed by atoms with Crippen LogP contribution in [0, 0.1) is 0 Å². The zero-order valence-electron chi connectivity index (χ0n) is 16.8. The van der Waals surface area contributed by atoms with Crippen LogP contribution in [0.1, 0.15) is 39.2 Å². The summed E-state index contributed by atoms with van der Waals surface area (Å²) in [6.45, 7) is 7.81. The molecule has 1 aromatic rings. The maximum atomic E-state index is 11.8. The summed E-state index contributed by atoms with van der Waals surface area (Å²) in [4.78, 5) is 21.6. The summed E-state index contributed by atoms with van der Waals surface area (Å²) in [5.41, 5.74) is 3.07. The zero-order valence-corrected chi connectivity index (χ0v) is 16.8. The van der Waals surface area contributed by atoms with E-state index in [-0.39, 0.29) is 0 Å². The topological polar surface area (TPSA) is 60.4 Å². The summed E-state index contributed by atoms with van der Waals surface area (Å²) in [6, 6.07) is 10.1. The molecule has 6 nitrogen and oxygen atoms in total. The molecule has 150 valence electrons. The van der Waals surface area contributed by atoms with Crippen molar-refractivity contribution in [3.63, 3.8) is 0 Å². The molecular weight excluding hydrogens is 356 g/mol. The Morgan fingerprint density at radius 1 is 1.14 bits per heavy atom. The van der Waals surface area contributed by atoms with Crippen LogP contribution in [0.2, 0.25) is 0 Å². The average Bonchev–Trinajstić information content (AvgIpc) is 2.67. The van der Waals surface area contributed by atoms with E-state index in [4.69, 9.17) is 14.3 Å². The highest BCUT2D eigenvalue weighted by Gasteiger charge is 2.23. The van der Waals surface area contributed by atoms with Crippen molar-refractivity contribution in [3.8, 4) is 0 Å². The molecule has 28 heavy (non-hydrogen) atoms. The molecule has 6 heteroatoms. The van der Waals surface area contributed by atoms with E-state index in [1.54, 1.807) is 5.06 Å². The van der Waals surface area contributed by atoms with Crippen molar-refractivity contribution in [1.82, 2.24) is 5.06 Å². The van der Waals surface area contributed by atoms with E-state index < -0.39 is 11.8 Å². The minimum Gasteiger partial charge on any atom is -0.476 e. The van der Waals surface area contributed by atoms with Gasteiger partial charge < -0.3 is 14.3 Å². The molecule has 0 N–H and O–H groups in total. The molecule has 1 aromatic carbocycles. The Morgan fingerprint density at radius 3 is 2.54 bits per heavy atom. The average molecular weight is 384 g/mol. The Balaban J connectivity index is 1.44. The molecule has 0 aliphatic carbocycles. The molecule has 0 atom stereocenters. The Kier molecular flexibility index (Phi) is 6.52. The lowest BCUT2D eigenvalue weighted by Crippen LogP contribution is -2.35. The fourth-order valence-corrected chi connectivity index (χ4v) is 2.99. The molecule has 0 saturated carbocycles. The van der Waals surface area contributed by atoms with Crippen LogP contribution in [0.4, 0.5) is 4.79 Å². The molecule has 2 aliphatic heterocycles. The van der Waals surface area contributed by atoms with Crippen molar-refractivity contribution in [1.29, 1.82) is 0 Å². The maximum absolute atomic E-state index is 11.8. The van der Waals surface area contributed by atoms with Crippen LogP contribution >= 0.6 is 0 Å². The van der Waals surface area contributed by atoms with Gasteiger partial charge in [-0.25, -0.2) is 4.79 Å². The van der Waals surface area contributed by atoms with E-state index in [9.17, 15) is 4.79 Å². The SMILES string of the molecule is CC(C)(C)OC(=O)ON1CC=C(C2=CCC(OCc3ccccc3)=NC2)CC1. The molecule has 0 spiro atoms. The van der Waals surface area contributed by atoms with E-state index in [0.717, 1.165) is 17.9 Å². The molecule has 0 fully saturated rings. The third kappa shape index (κ3) is 6.23. The molecular formula is C22H28N2O4. The van der Waals surface area contributed by atoms with Gasteiger partial charge in [-0.15, -0.1) is 5.06 Å². The quantitative estimate of drug-likeness (QED) is 0.719. The number of dihydropyridines is 1. The van der Waals surface area contributed by atoms with E-state index in [1.165, 1.54) is 11.1 Å². The van der Waals surface area contributed by atoms with Crippen LogP contribution in [0.5, 0.6) is 0 Å². The van der Waals surface area contributed by atoms with E-state index >= 15 is 0 Å². The van der Waals surface area contributed by atoms with Crippen LogP contribution < -0.4 is 0 Å². The number of ether oxygens (including phenoxy) is 2. The van der Waals surface area contributed by atoms with Crippen LogP contribution in [0.3, 0.4) is 0 Å². The molecule has 3 rings (SSSR count). The molecule has 0 bridgehead atoms. The van der Waals surface area contributed by atoms with Gasteiger partial charge in [0, 0.05) is 13.0 Å². The van der Waals surface area contributed by atoms with E-state index in [2.05, 4.69) is 17.1 Å². The fraction of sp³-hybridized carbons (Fsp3) is 0.455. The second-order valence-corrected chi connectivity index (χ2v) is 7.84. The third-order valence-corrected chi connectivity index (χ3v) is 4.37. The first-order valence-corrected chi connectivity index (χ1v) is 9.63. The minimum atomic E-state index is -0.661. The number of carbonyl (C=O) groups is 1. The Morgan fingerprint density at radius 2 is 1.93 bits per heavy atom. The Bertz CT molecular complexity index is 775. The fourth-order valence-electron chi connectivity index (χ4n) is 2.99. The van der Waals surface area contributed by atoms with E-state index in [0.29, 0.717) is 32.7 Å². The first-order chi connectivity index (χ1) is 13.4. The number of aliphatic imine (C=N–C) groups is 1. The number of hydrogen-bond acceptors (Lipinski definition) is 6. The highest BCUT2D eigenvalue weighted by atomic mass is 16.8. The molecule has 0 radical (unpaired) electrons. The van der Waals surface area contributed by atoms with Gasteiger partial charge in [-0.3, -0.25) is 4.99 Å².